The van der Waals surface area contributed by atoms with Crippen molar-refractivity contribution >= 4 is 0 Å². The van der Waals surface area contributed by atoms with E-state index in [9.17, 15) is 10.1 Å². The lowest BCUT2D eigenvalue weighted by atomic mass is 10.2. The van der Waals surface area contributed by atoms with Crippen LogP contribution in [0.3, 0.4) is 0 Å². The van der Waals surface area contributed by atoms with Gasteiger partial charge in [-0.1, -0.05) is 6.42 Å². The lowest BCUT2D eigenvalue weighted by Crippen LogP contribution is -2.21. The molecule has 0 spiro atoms. The molecule has 1 aliphatic heterocycles. The van der Waals surface area contributed by atoms with Gasteiger partial charge in [0.05, 0.1) is 0 Å². The van der Waals surface area contributed by atoms with Gasteiger partial charge in [-0.2, -0.15) is 0 Å². The maximum Gasteiger partial charge on any atom is 0.201 e. The summed E-state index contributed by atoms with van der Waals surface area (Å²) < 4.78 is 0. The van der Waals surface area contributed by atoms with E-state index < -0.39 is 0 Å². The highest BCUT2D eigenvalue weighted by atomic mass is 16.6. The highest BCUT2D eigenvalue weighted by Gasteiger charge is 1.93. The Morgan fingerprint density at radius 2 is 1.82 bits per heavy atom. The molecule has 66 valence electrons. The SMILES string of the molecule is C1CCNCC1.CC[N+](=O)[O-]. The molecule has 0 aliphatic carbocycles. The van der Waals surface area contributed by atoms with Crippen LogP contribution < -0.4 is 5.32 Å². The molecule has 0 aromatic heterocycles. The van der Waals surface area contributed by atoms with Gasteiger partial charge in [0.15, 0.2) is 0 Å². The zero-order chi connectivity index (χ0) is 8.53. The minimum Gasteiger partial charge on any atom is -0.317 e. The predicted molar refractivity (Wildman–Crippen MR) is 44.3 cm³/mol. The summed E-state index contributed by atoms with van der Waals surface area (Å²) >= 11 is 0. The van der Waals surface area contributed by atoms with Crippen molar-refractivity contribution in [3.05, 3.63) is 10.1 Å². The summed E-state index contributed by atoms with van der Waals surface area (Å²) in [5, 5.41) is 12.5. The van der Waals surface area contributed by atoms with Gasteiger partial charge in [-0.3, -0.25) is 10.1 Å². The van der Waals surface area contributed by atoms with Gasteiger partial charge in [-0.25, -0.2) is 0 Å². The molecule has 1 rings (SSSR count). The van der Waals surface area contributed by atoms with E-state index in [0.29, 0.717) is 0 Å². The van der Waals surface area contributed by atoms with Gasteiger partial charge >= 0.3 is 0 Å². The number of piperidine rings is 1. The number of nitrogens with one attached hydrogen (secondary N) is 1. The summed E-state index contributed by atoms with van der Waals surface area (Å²) in [6.07, 6.45) is 4.22. The molecular weight excluding hydrogens is 144 g/mol. The van der Waals surface area contributed by atoms with Gasteiger partial charge in [-0.15, -0.1) is 0 Å². The van der Waals surface area contributed by atoms with Crippen LogP contribution in [-0.2, 0) is 0 Å². The highest BCUT2D eigenvalue weighted by molar-refractivity contribution is 4.55. The first-order valence-electron chi connectivity index (χ1n) is 4.10. The number of nitro groups is 1. The third-order valence-electron chi connectivity index (χ3n) is 1.47. The van der Waals surface area contributed by atoms with Crippen LogP contribution in [0.1, 0.15) is 26.2 Å². The van der Waals surface area contributed by atoms with Gasteiger partial charge in [0.1, 0.15) is 0 Å². The number of hydrogen-bond acceptors (Lipinski definition) is 3. The predicted octanol–water partition coefficient (Wildman–Crippen LogP) is 1.04. The van der Waals surface area contributed by atoms with E-state index in [4.69, 9.17) is 0 Å². The van der Waals surface area contributed by atoms with E-state index in [-0.39, 0.29) is 11.5 Å². The summed E-state index contributed by atoms with van der Waals surface area (Å²) in [5.41, 5.74) is 0. The van der Waals surface area contributed by atoms with Gasteiger partial charge in [0.25, 0.3) is 0 Å². The molecule has 0 aromatic carbocycles. The molecule has 1 aliphatic rings. The Bertz CT molecular complexity index is 91.1. The highest BCUT2D eigenvalue weighted by Crippen LogP contribution is 1.96. The summed E-state index contributed by atoms with van der Waals surface area (Å²) in [6.45, 7) is 4.03. The maximum atomic E-state index is 9.17. The molecule has 4 nitrogen and oxygen atoms in total. The van der Waals surface area contributed by atoms with Crippen molar-refractivity contribution in [2.24, 2.45) is 0 Å². The molecule has 1 saturated heterocycles. The van der Waals surface area contributed by atoms with Gasteiger partial charge in [0, 0.05) is 11.8 Å². The number of rotatable bonds is 1. The fourth-order valence-corrected chi connectivity index (χ4v) is 0.802. The largest absolute Gasteiger partial charge is 0.317 e. The number of nitrogens with zero attached hydrogens (tertiary/aromatic N) is 1. The third-order valence-corrected chi connectivity index (χ3v) is 1.47. The van der Waals surface area contributed by atoms with Crippen molar-refractivity contribution in [1.82, 2.24) is 5.32 Å². The first-order chi connectivity index (χ1) is 5.27. The first-order valence-corrected chi connectivity index (χ1v) is 4.10. The zero-order valence-corrected chi connectivity index (χ0v) is 7.01. The molecule has 0 bridgehead atoms. The maximum absolute atomic E-state index is 9.17. The fourth-order valence-electron chi connectivity index (χ4n) is 0.802. The Morgan fingerprint density at radius 1 is 1.36 bits per heavy atom. The van der Waals surface area contributed by atoms with E-state index in [1.165, 1.54) is 39.3 Å². The minimum absolute atomic E-state index is 0.0278. The Labute approximate surface area is 67.1 Å². The van der Waals surface area contributed by atoms with E-state index in [1.807, 2.05) is 0 Å². The van der Waals surface area contributed by atoms with Gasteiger partial charge < -0.3 is 5.32 Å². The molecule has 11 heavy (non-hydrogen) atoms. The molecular formula is C7H16N2O2. The lowest BCUT2D eigenvalue weighted by Gasteiger charge is -2.08. The van der Waals surface area contributed by atoms with Gasteiger partial charge in [-0.05, 0) is 25.9 Å². The standard InChI is InChI=1S/C5H11N.C2H5NO2/c1-2-4-6-5-3-1;1-2-3(4)5/h6H,1-5H2;2H2,1H3. The van der Waals surface area contributed by atoms with E-state index in [2.05, 4.69) is 5.32 Å². The van der Waals surface area contributed by atoms with Crippen LogP contribution in [-0.4, -0.2) is 24.6 Å². The summed E-state index contributed by atoms with van der Waals surface area (Å²) in [5.74, 6) is 0. The topological polar surface area (TPSA) is 55.2 Å². The third kappa shape index (κ3) is 9.36. The average Bonchev–Trinajstić information content (AvgIpc) is 2.09. The molecule has 0 unspecified atom stereocenters. The molecule has 1 heterocycles. The Morgan fingerprint density at radius 3 is 1.91 bits per heavy atom. The molecule has 0 aromatic rings. The second kappa shape index (κ2) is 7.47. The smallest absolute Gasteiger partial charge is 0.201 e. The Hall–Kier alpha value is -0.640. The molecule has 0 atom stereocenters. The molecule has 0 amide bonds. The Kier molecular flexibility index (Phi) is 7.03. The van der Waals surface area contributed by atoms with E-state index in [1.54, 1.807) is 0 Å². The summed E-state index contributed by atoms with van der Waals surface area (Å²) in [6, 6.07) is 0. The van der Waals surface area contributed by atoms with Crippen molar-refractivity contribution in [2.75, 3.05) is 19.6 Å². The van der Waals surface area contributed by atoms with Crippen LogP contribution in [0.4, 0.5) is 0 Å². The minimum atomic E-state index is -0.375. The average molecular weight is 160 g/mol. The monoisotopic (exact) mass is 160 g/mol. The second-order valence-electron chi connectivity index (χ2n) is 2.46. The molecule has 1 fully saturated rings. The molecule has 4 heteroatoms. The summed E-state index contributed by atoms with van der Waals surface area (Å²) in [7, 11) is 0. The van der Waals surface area contributed by atoms with Crippen LogP contribution in [0.2, 0.25) is 0 Å². The van der Waals surface area contributed by atoms with Crippen LogP contribution in [0.15, 0.2) is 0 Å². The molecule has 1 N–H and O–H groups in total. The quantitative estimate of drug-likeness (QED) is 0.460. The van der Waals surface area contributed by atoms with Crippen molar-refractivity contribution in [1.29, 1.82) is 0 Å². The van der Waals surface area contributed by atoms with Crippen LogP contribution in [0.5, 0.6) is 0 Å². The van der Waals surface area contributed by atoms with Crippen LogP contribution >= 0.6 is 0 Å². The van der Waals surface area contributed by atoms with Crippen LogP contribution in [0.25, 0.3) is 0 Å². The first kappa shape index (κ1) is 10.4. The lowest BCUT2D eigenvalue weighted by molar-refractivity contribution is -0.475. The van der Waals surface area contributed by atoms with Crippen molar-refractivity contribution in [2.45, 2.75) is 26.2 Å². The normalized spacial score (nSPS) is 16.5. The van der Waals surface area contributed by atoms with Crippen molar-refractivity contribution < 1.29 is 4.92 Å². The zero-order valence-electron chi connectivity index (χ0n) is 7.01. The van der Waals surface area contributed by atoms with Crippen molar-refractivity contribution in [3.8, 4) is 0 Å². The Balaban J connectivity index is 0.000000187. The van der Waals surface area contributed by atoms with E-state index >= 15 is 0 Å². The van der Waals surface area contributed by atoms with E-state index in [0.717, 1.165) is 0 Å². The molecule has 0 radical (unpaired) electrons. The van der Waals surface area contributed by atoms with Crippen LogP contribution in [0, 0.1) is 10.1 Å². The molecule has 0 saturated carbocycles. The number of hydrogen-bond donors (Lipinski definition) is 1. The fraction of sp³-hybridized carbons (Fsp3) is 1.00. The summed E-state index contributed by atoms with van der Waals surface area (Å²) in [4.78, 5) is 8.80. The second-order valence-corrected chi connectivity index (χ2v) is 2.46. The van der Waals surface area contributed by atoms with Crippen molar-refractivity contribution in [3.63, 3.8) is 0 Å². The van der Waals surface area contributed by atoms with Gasteiger partial charge in [0.2, 0.25) is 6.54 Å².